The highest BCUT2D eigenvalue weighted by Crippen LogP contribution is 2.23. The summed E-state index contributed by atoms with van der Waals surface area (Å²) in [5, 5.41) is 12.2. The molecule has 0 saturated carbocycles. The van der Waals surface area contributed by atoms with Gasteiger partial charge in [-0.15, -0.1) is 11.3 Å². The largest absolute Gasteiger partial charge is 0.383 e. The predicted octanol–water partition coefficient (Wildman–Crippen LogP) is 1.57. The molecule has 15 heavy (non-hydrogen) atoms. The number of anilines is 2. The van der Waals surface area contributed by atoms with Gasteiger partial charge in [-0.3, -0.25) is 5.41 Å². The average molecular weight is 219 g/mol. The van der Waals surface area contributed by atoms with Crippen LogP contribution in [0.25, 0.3) is 0 Å². The van der Waals surface area contributed by atoms with Gasteiger partial charge in [-0.1, -0.05) is 0 Å². The smallest absolute Gasteiger partial charge is 0.227 e. The van der Waals surface area contributed by atoms with Crippen molar-refractivity contribution in [1.29, 1.82) is 5.41 Å². The summed E-state index contributed by atoms with van der Waals surface area (Å²) in [4.78, 5) is 8.75. The first kappa shape index (κ1) is 9.60. The van der Waals surface area contributed by atoms with Crippen LogP contribution < -0.4 is 11.1 Å². The fourth-order valence-electron chi connectivity index (χ4n) is 1.10. The van der Waals surface area contributed by atoms with E-state index in [2.05, 4.69) is 15.3 Å². The first-order chi connectivity index (χ1) is 7.27. The Labute approximate surface area is 90.5 Å². The number of amidine groups is 1. The van der Waals surface area contributed by atoms with Crippen LogP contribution in [0, 0.1) is 5.41 Å². The minimum absolute atomic E-state index is 0.0448. The molecular weight excluding hydrogens is 210 g/mol. The monoisotopic (exact) mass is 219 g/mol. The Morgan fingerprint density at radius 1 is 1.40 bits per heavy atom. The molecule has 0 unspecified atom stereocenters. The van der Waals surface area contributed by atoms with E-state index in [1.807, 2.05) is 11.4 Å². The molecule has 0 atom stereocenters. The lowest BCUT2D eigenvalue weighted by atomic mass is 10.3. The molecular formula is C9H9N5S. The van der Waals surface area contributed by atoms with E-state index in [4.69, 9.17) is 11.1 Å². The number of hydrogen-bond acceptors (Lipinski definition) is 5. The molecule has 0 aliphatic carbocycles. The number of nitrogens with two attached hydrogens (primary N) is 1. The van der Waals surface area contributed by atoms with Gasteiger partial charge in [-0.05, 0) is 17.5 Å². The summed E-state index contributed by atoms with van der Waals surface area (Å²) in [6.45, 7) is 0. The van der Waals surface area contributed by atoms with E-state index in [1.54, 1.807) is 18.5 Å². The molecule has 4 N–H and O–H groups in total. The summed E-state index contributed by atoms with van der Waals surface area (Å²) in [5.74, 6) is 0.543. The molecule has 0 fully saturated rings. The van der Waals surface area contributed by atoms with Crippen LogP contribution in [-0.4, -0.2) is 15.8 Å². The molecule has 0 aliphatic heterocycles. The molecule has 76 valence electrons. The highest BCUT2D eigenvalue weighted by molar-refractivity contribution is 7.12. The summed E-state index contributed by atoms with van der Waals surface area (Å²) >= 11 is 1.41. The minimum atomic E-state index is 0.0448. The number of rotatable bonds is 3. The average Bonchev–Trinajstić information content (AvgIpc) is 2.67. The Balaban J connectivity index is 2.25. The molecule has 0 radical (unpaired) electrons. The van der Waals surface area contributed by atoms with Crippen LogP contribution in [0.15, 0.2) is 29.9 Å². The Hall–Kier alpha value is -1.95. The van der Waals surface area contributed by atoms with Crippen LogP contribution >= 0.6 is 11.3 Å². The van der Waals surface area contributed by atoms with Gasteiger partial charge in [0.05, 0.1) is 10.6 Å². The van der Waals surface area contributed by atoms with Crippen molar-refractivity contribution in [3.63, 3.8) is 0 Å². The summed E-state index contributed by atoms with van der Waals surface area (Å²) < 4.78 is 0. The van der Waals surface area contributed by atoms with E-state index in [-0.39, 0.29) is 5.84 Å². The van der Waals surface area contributed by atoms with E-state index < -0.39 is 0 Å². The SMILES string of the molecule is N=C(N)c1sccc1Nc1ncccn1. The molecule has 6 heteroatoms. The van der Waals surface area contributed by atoms with Gasteiger partial charge < -0.3 is 11.1 Å². The molecule has 2 rings (SSSR count). The number of aromatic nitrogens is 2. The molecule has 0 aromatic carbocycles. The van der Waals surface area contributed by atoms with Gasteiger partial charge in [-0.2, -0.15) is 0 Å². The Kier molecular flexibility index (Phi) is 2.59. The lowest BCUT2D eigenvalue weighted by molar-refractivity contribution is 1.17. The van der Waals surface area contributed by atoms with E-state index in [0.717, 1.165) is 5.69 Å². The molecule has 2 aromatic heterocycles. The summed E-state index contributed by atoms with van der Waals surface area (Å²) in [6.07, 6.45) is 3.30. The van der Waals surface area contributed by atoms with E-state index in [1.165, 1.54) is 11.3 Å². The van der Waals surface area contributed by atoms with Crippen molar-refractivity contribution in [3.05, 3.63) is 34.8 Å². The topological polar surface area (TPSA) is 87.7 Å². The first-order valence-corrected chi connectivity index (χ1v) is 5.11. The zero-order valence-corrected chi connectivity index (χ0v) is 8.58. The number of nitrogens with zero attached hydrogens (tertiary/aromatic N) is 2. The summed E-state index contributed by atoms with van der Waals surface area (Å²) in [7, 11) is 0. The maximum atomic E-state index is 7.37. The Morgan fingerprint density at radius 2 is 2.13 bits per heavy atom. The summed E-state index contributed by atoms with van der Waals surface area (Å²) in [6, 6.07) is 3.59. The van der Waals surface area contributed by atoms with Crippen molar-refractivity contribution >= 4 is 28.8 Å². The van der Waals surface area contributed by atoms with Crippen LogP contribution in [0.5, 0.6) is 0 Å². The van der Waals surface area contributed by atoms with Crippen LogP contribution in [0.1, 0.15) is 4.88 Å². The molecule has 0 aliphatic rings. The fourth-order valence-corrected chi connectivity index (χ4v) is 1.81. The molecule has 0 spiro atoms. The van der Waals surface area contributed by atoms with Gasteiger partial charge in [0.2, 0.25) is 5.95 Å². The molecule has 0 amide bonds. The van der Waals surface area contributed by atoms with Crippen LogP contribution in [-0.2, 0) is 0 Å². The molecule has 2 heterocycles. The zero-order chi connectivity index (χ0) is 10.7. The van der Waals surface area contributed by atoms with Gasteiger partial charge in [0.1, 0.15) is 5.84 Å². The van der Waals surface area contributed by atoms with Gasteiger partial charge >= 0.3 is 0 Å². The maximum absolute atomic E-state index is 7.37. The molecule has 5 nitrogen and oxygen atoms in total. The first-order valence-electron chi connectivity index (χ1n) is 4.23. The number of nitrogens with one attached hydrogen (secondary N) is 2. The minimum Gasteiger partial charge on any atom is -0.383 e. The van der Waals surface area contributed by atoms with Crippen molar-refractivity contribution in [2.75, 3.05) is 5.32 Å². The highest BCUT2D eigenvalue weighted by Gasteiger charge is 2.07. The lowest BCUT2D eigenvalue weighted by Crippen LogP contribution is -2.11. The fraction of sp³-hybridized carbons (Fsp3) is 0. The molecule has 0 bridgehead atoms. The van der Waals surface area contributed by atoms with Crippen LogP contribution in [0.2, 0.25) is 0 Å². The number of hydrogen-bond donors (Lipinski definition) is 3. The van der Waals surface area contributed by atoms with Crippen molar-refractivity contribution in [1.82, 2.24) is 9.97 Å². The second kappa shape index (κ2) is 4.05. The third-order valence-electron chi connectivity index (χ3n) is 1.72. The number of nitrogen functional groups attached to an aromatic ring is 1. The Bertz CT molecular complexity index is 464. The van der Waals surface area contributed by atoms with Gasteiger partial charge in [0, 0.05) is 12.4 Å². The second-order valence-corrected chi connectivity index (χ2v) is 3.69. The standard InChI is InChI=1S/C9H9N5S/c10-8(11)7-6(2-5-15-7)14-9-12-3-1-4-13-9/h1-5H,(H3,10,11)(H,12,13,14). The third-order valence-corrected chi connectivity index (χ3v) is 2.67. The van der Waals surface area contributed by atoms with Gasteiger partial charge in [0.15, 0.2) is 0 Å². The molecule has 0 saturated heterocycles. The normalized spacial score (nSPS) is 9.87. The van der Waals surface area contributed by atoms with E-state index >= 15 is 0 Å². The maximum Gasteiger partial charge on any atom is 0.227 e. The zero-order valence-electron chi connectivity index (χ0n) is 7.77. The van der Waals surface area contributed by atoms with Gasteiger partial charge in [-0.25, -0.2) is 9.97 Å². The second-order valence-electron chi connectivity index (χ2n) is 2.77. The van der Waals surface area contributed by atoms with Crippen molar-refractivity contribution in [3.8, 4) is 0 Å². The lowest BCUT2D eigenvalue weighted by Gasteiger charge is -2.03. The predicted molar refractivity (Wildman–Crippen MR) is 60.6 cm³/mol. The van der Waals surface area contributed by atoms with Crippen molar-refractivity contribution in [2.24, 2.45) is 5.73 Å². The van der Waals surface area contributed by atoms with Crippen LogP contribution in [0.3, 0.4) is 0 Å². The summed E-state index contributed by atoms with van der Waals surface area (Å²) in [5.41, 5.74) is 6.19. The van der Waals surface area contributed by atoms with Crippen molar-refractivity contribution < 1.29 is 0 Å². The quantitative estimate of drug-likeness (QED) is 0.540. The highest BCUT2D eigenvalue weighted by atomic mass is 32.1. The van der Waals surface area contributed by atoms with Gasteiger partial charge in [0.25, 0.3) is 0 Å². The van der Waals surface area contributed by atoms with Crippen molar-refractivity contribution in [2.45, 2.75) is 0 Å². The number of thiophene rings is 1. The van der Waals surface area contributed by atoms with E-state index in [9.17, 15) is 0 Å². The molecule has 2 aromatic rings. The van der Waals surface area contributed by atoms with Crippen LogP contribution in [0.4, 0.5) is 11.6 Å². The van der Waals surface area contributed by atoms with E-state index in [0.29, 0.717) is 10.8 Å². The Morgan fingerprint density at radius 3 is 2.80 bits per heavy atom. The third kappa shape index (κ3) is 2.10.